The Balaban J connectivity index is 1.57. The van der Waals surface area contributed by atoms with Gasteiger partial charge in [0, 0.05) is 16.7 Å². The third-order valence-electron chi connectivity index (χ3n) is 4.11. The quantitative estimate of drug-likeness (QED) is 0.683. The molecular formula is C18H22BrN5. The molecule has 0 bridgehead atoms. The van der Waals surface area contributed by atoms with Crippen LogP contribution in [0.1, 0.15) is 37.7 Å². The number of hydrogen-bond donors (Lipinski definition) is 2. The molecule has 0 radical (unpaired) electrons. The molecule has 0 saturated heterocycles. The second-order valence-corrected chi connectivity index (χ2v) is 6.89. The average Bonchev–Trinajstić information content (AvgIpc) is 2.60. The van der Waals surface area contributed by atoms with Gasteiger partial charge in [-0.2, -0.15) is 10.1 Å². The number of benzene rings is 1. The Hall–Kier alpha value is -1.95. The van der Waals surface area contributed by atoms with Crippen molar-refractivity contribution in [3.63, 3.8) is 0 Å². The maximum Gasteiger partial charge on any atom is 0.249 e. The molecule has 2 N–H and O–H groups in total. The van der Waals surface area contributed by atoms with Gasteiger partial charge in [-0.25, -0.2) is 0 Å². The van der Waals surface area contributed by atoms with E-state index >= 15 is 0 Å². The lowest BCUT2D eigenvalue weighted by Crippen LogP contribution is -2.08. The predicted octanol–water partition coefficient (Wildman–Crippen LogP) is 4.99. The first kappa shape index (κ1) is 16.9. The number of anilines is 3. The largest absolute Gasteiger partial charge is 0.368 e. The Kier molecular flexibility index (Phi) is 5.80. The number of hydrogen-bond acceptors (Lipinski definition) is 5. The Morgan fingerprint density at radius 1 is 1.25 bits per heavy atom. The summed E-state index contributed by atoms with van der Waals surface area (Å²) in [5.41, 5.74) is 3.66. The lowest BCUT2D eigenvalue weighted by molar-refractivity contribution is 0.679. The zero-order valence-electron chi connectivity index (χ0n) is 13.8. The van der Waals surface area contributed by atoms with Crippen LogP contribution in [0.25, 0.3) is 0 Å². The van der Waals surface area contributed by atoms with Gasteiger partial charge >= 0.3 is 0 Å². The molecule has 0 spiro atoms. The SMILES string of the molecule is Cc1cc(Nc2nncc(NCCC3=CCCCC3)n2)ccc1Br. The highest BCUT2D eigenvalue weighted by Crippen LogP contribution is 2.22. The molecule has 0 unspecified atom stereocenters. The van der Waals surface area contributed by atoms with Gasteiger partial charge in [-0.05, 0) is 62.8 Å². The Morgan fingerprint density at radius 3 is 2.96 bits per heavy atom. The zero-order valence-corrected chi connectivity index (χ0v) is 15.4. The van der Waals surface area contributed by atoms with E-state index in [9.17, 15) is 0 Å². The second-order valence-electron chi connectivity index (χ2n) is 6.04. The van der Waals surface area contributed by atoms with E-state index in [4.69, 9.17) is 0 Å². The molecule has 5 nitrogen and oxygen atoms in total. The third kappa shape index (κ3) is 4.77. The van der Waals surface area contributed by atoms with Gasteiger partial charge in [0.25, 0.3) is 0 Å². The summed E-state index contributed by atoms with van der Waals surface area (Å²) in [5.74, 6) is 1.25. The normalized spacial score (nSPS) is 14.2. The summed E-state index contributed by atoms with van der Waals surface area (Å²) in [6.07, 6.45) is 10.2. The molecule has 126 valence electrons. The minimum Gasteiger partial charge on any atom is -0.368 e. The Bertz CT molecular complexity index is 729. The summed E-state index contributed by atoms with van der Waals surface area (Å²) in [7, 11) is 0. The maximum absolute atomic E-state index is 4.48. The highest BCUT2D eigenvalue weighted by atomic mass is 79.9. The van der Waals surface area contributed by atoms with Gasteiger partial charge in [0.05, 0.1) is 6.20 Å². The highest BCUT2D eigenvalue weighted by molar-refractivity contribution is 9.10. The summed E-state index contributed by atoms with van der Waals surface area (Å²) in [5, 5.41) is 14.6. The van der Waals surface area contributed by atoms with Gasteiger partial charge in [-0.3, -0.25) is 0 Å². The monoisotopic (exact) mass is 387 g/mol. The first-order valence-corrected chi connectivity index (χ1v) is 9.15. The highest BCUT2D eigenvalue weighted by Gasteiger charge is 2.05. The van der Waals surface area contributed by atoms with Crippen LogP contribution in [0.15, 0.2) is 40.5 Å². The molecule has 0 fully saturated rings. The molecule has 0 saturated carbocycles. The number of allylic oxidation sites excluding steroid dienone is 1. The van der Waals surface area contributed by atoms with Crippen LogP contribution in [0.5, 0.6) is 0 Å². The van der Waals surface area contributed by atoms with Crippen molar-refractivity contribution in [2.24, 2.45) is 0 Å². The first-order chi connectivity index (χ1) is 11.7. The van der Waals surface area contributed by atoms with Crippen LogP contribution in [0.4, 0.5) is 17.5 Å². The molecular weight excluding hydrogens is 366 g/mol. The summed E-state index contributed by atoms with van der Waals surface area (Å²) in [6, 6.07) is 6.03. The van der Waals surface area contributed by atoms with Crippen molar-refractivity contribution in [2.75, 3.05) is 17.2 Å². The maximum atomic E-state index is 4.48. The molecule has 1 aromatic carbocycles. The number of nitrogens with one attached hydrogen (secondary N) is 2. The number of halogens is 1. The van der Waals surface area contributed by atoms with Crippen LogP contribution in [0, 0.1) is 6.92 Å². The van der Waals surface area contributed by atoms with E-state index in [1.165, 1.54) is 25.7 Å². The van der Waals surface area contributed by atoms with Crippen molar-refractivity contribution >= 4 is 33.4 Å². The minimum absolute atomic E-state index is 0.499. The van der Waals surface area contributed by atoms with Gasteiger partial charge in [0.15, 0.2) is 5.82 Å². The fourth-order valence-electron chi connectivity index (χ4n) is 2.78. The third-order valence-corrected chi connectivity index (χ3v) is 5.00. The van der Waals surface area contributed by atoms with Crippen LogP contribution in [-0.4, -0.2) is 21.7 Å². The van der Waals surface area contributed by atoms with Gasteiger partial charge in [-0.1, -0.05) is 27.6 Å². The molecule has 1 aliphatic rings. The summed E-state index contributed by atoms with van der Waals surface area (Å²) >= 11 is 3.50. The molecule has 1 heterocycles. The van der Waals surface area contributed by atoms with Crippen LogP contribution in [0.3, 0.4) is 0 Å². The molecule has 0 aliphatic heterocycles. The van der Waals surface area contributed by atoms with Crippen LogP contribution < -0.4 is 10.6 Å². The van der Waals surface area contributed by atoms with Gasteiger partial charge in [0.2, 0.25) is 5.95 Å². The van der Waals surface area contributed by atoms with Crippen molar-refractivity contribution in [1.82, 2.24) is 15.2 Å². The lowest BCUT2D eigenvalue weighted by atomic mass is 9.97. The van der Waals surface area contributed by atoms with E-state index in [2.05, 4.69) is 47.8 Å². The molecule has 0 atom stereocenters. The fraction of sp³-hybridized carbons (Fsp3) is 0.389. The Morgan fingerprint density at radius 2 is 2.17 bits per heavy atom. The Labute approximate surface area is 151 Å². The molecule has 6 heteroatoms. The van der Waals surface area contributed by atoms with Gasteiger partial charge in [0.1, 0.15) is 0 Å². The molecule has 0 amide bonds. The van der Waals surface area contributed by atoms with Crippen LogP contribution in [0.2, 0.25) is 0 Å². The minimum atomic E-state index is 0.499. The van der Waals surface area contributed by atoms with Crippen molar-refractivity contribution in [3.05, 3.63) is 46.1 Å². The van der Waals surface area contributed by atoms with Gasteiger partial charge in [-0.15, -0.1) is 5.10 Å². The molecule has 24 heavy (non-hydrogen) atoms. The van der Waals surface area contributed by atoms with E-state index < -0.39 is 0 Å². The van der Waals surface area contributed by atoms with Crippen molar-refractivity contribution in [3.8, 4) is 0 Å². The summed E-state index contributed by atoms with van der Waals surface area (Å²) < 4.78 is 1.08. The fourth-order valence-corrected chi connectivity index (χ4v) is 3.02. The predicted molar refractivity (Wildman–Crippen MR) is 102 cm³/mol. The first-order valence-electron chi connectivity index (χ1n) is 8.35. The summed E-state index contributed by atoms with van der Waals surface area (Å²) in [4.78, 5) is 4.48. The van der Waals surface area contributed by atoms with E-state index in [-0.39, 0.29) is 0 Å². The number of nitrogens with zero attached hydrogens (tertiary/aromatic N) is 3. The average molecular weight is 388 g/mol. The standard InChI is InChI=1S/C18H22BrN5/c1-13-11-15(7-8-16(13)19)22-18-23-17(12-21-24-18)20-10-9-14-5-3-2-4-6-14/h5,7-8,11-12H,2-4,6,9-10H2,1H3,(H2,20,22,23,24). The molecule has 1 aliphatic carbocycles. The lowest BCUT2D eigenvalue weighted by Gasteiger charge is -2.13. The van der Waals surface area contributed by atoms with Crippen molar-refractivity contribution in [2.45, 2.75) is 39.0 Å². The van der Waals surface area contributed by atoms with Gasteiger partial charge < -0.3 is 10.6 Å². The van der Waals surface area contributed by atoms with Crippen molar-refractivity contribution in [1.29, 1.82) is 0 Å². The zero-order chi connectivity index (χ0) is 16.8. The number of aromatic nitrogens is 3. The molecule has 1 aromatic heterocycles. The smallest absolute Gasteiger partial charge is 0.249 e. The van der Waals surface area contributed by atoms with Crippen molar-refractivity contribution < 1.29 is 0 Å². The second kappa shape index (κ2) is 8.24. The van der Waals surface area contributed by atoms with E-state index in [0.717, 1.165) is 34.5 Å². The summed E-state index contributed by atoms with van der Waals surface area (Å²) in [6.45, 7) is 2.92. The van der Waals surface area contributed by atoms with Crippen LogP contribution in [-0.2, 0) is 0 Å². The molecule has 2 aromatic rings. The topological polar surface area (TPSA) is 62.7 Å². The molecule has 3 rings (SSSR count). The van der Waals surface area contributed by atoms with E-state index in [0.29, 0.717) is 5.95 Å². The van der Waals surface area contributed by atoms with E-state index in [1.807, 2.05) is 25.1 Å². The number of aryl methyl sites for hydroxylation is 1. The van der Waals surface area contributed by atoms with E-state index in [1.54, 1.807) is 11.8 Å². The van der Waals surface area contributed by atoms with Crippen LogP contribution >= 0.6 is 15.9 Å². The number of rotatable bonds is 6.